The van der Waals surface area contributed by atoms with Crippen molar-refractivity contribution < 1.29 is 4.79 Å². The van der Waals surface area contributed by atoms with Crippen LogP contribution in [0.25, 0.3) is 10.8 Å². The summed E-state index contributed by atoms with van der Waals surface area (Å²) >= 11 is 1.49. The zero-order valence-corrected chi connectivity index (χ0v) is 8.39. The van der Waals surface area contributed by atoms with Crippen molar-refractivity contribution in [3.05, 3.63) is 35.7 Å². The van der Waals surface area contributed by atoms with Crippen molar-refractivity contribution in [3.8, 4) is 5.82 Å². The highest BCUT2D eigenvalue weighted by atomic mass is 32.1. The van der Waals surface area contributed by atoms with Gasteiger partial charge in [0.25, 0.3) is 0 Å². The first-order valence-corrected chi connectivity index (χ1v) is 5.19. The van der Waals surface area contributed by atoms with Crippen LogP contribution >= 0.6 is 11.3 Å². The average molecular weight is 218 g/mol. The number of aldehydes is 1. The molecule has 3 aromatic heterocycles. The van der Waals surface area contributed by atoms with Crippen LogP contribution in [-0.2, 0) is 0 Å². The van der Waals surface area contributed by atoms with E-state index in [4.69, 9.17) is 0 Å². The third-order valence-corrected chi connectivity index (χ3v) is 2.87. The SMILES string of the molecule is O=Cc1c(-n2cccn2)nc2sccn12. The van der Waals surface area contributed by atoms with Gasteiger partial charge in [-0.25, -0.2) is 4.68 Å². The zero-order valence-electron chi connectivity index (χ0n) is 7.57. The Morgan fingerprint density at radius 3 is 3.07 bits per heavy atom. The second-order valence-corrected chi connectivity index (χ2v) is 3.82. The topological polar surface area (TPSA) is 52.2 Å². The quantitative estimate of drug-likeness (QED) is 0.611. The molecule has 0 spiro atoms. The maximum atomic E-state index is 11.0. The van der Waals surface area contributed by atoms with Crippen molar-refractivity contribution in [1.29, 1.82) is 0 Å². The van der Waals surface area contributed by atoms with Gasteiger partial charge in [0.05, 0.1) is 0 Å². The second kappa shape index (κ2) is 3.03. The Hall–Kier alpha value is -1.95. The van der Waals surface area contributed by atoms with Gasteiger partial charge in [-0.05, 0) is 6.07 Å². The number of aromatic nitrogens is 4. The van der Waals surface area contributed by atoms with Crippen molar-refractivity contribution in [2.75, 3.05) is 0 Å². The van der Waals surface area contributed by atoms with E-state index in [1.54, 1.807) is 27.5 Å². The molecule has 0 atom stereocenters. The van der Waals surface area contributed by atoms with Gasteiger partial charge in [-0.15, -0.1) is 11.3 Å². The Bertz CT molecular complexity index is 607. The molecule has 0 N–H and O–H groups in total. The largest absolute Gasteiger partial charge is 0.296 e. The van der Waals surface area contributed by atoms with Crippen LogP contribution in [0.3, 0.4) is 0 Å². The number of carbonyl (C=O) groups excluding carboxylic acids is 1. The molecule has 0 aliphatic rings. The van der Waals surface area contributed by atoms with Crippen LogP contribution < -0.4 is 0 Å². The van der Waals surface area contributed by atoms with Gasteiger partial charge in [0.1, 0.15) is 5.69 Å². The lowest BCUT2D eigenvalue weighted by molar-refractivity contribution is 0.111. The summed E-state index contributed by atoms with van der Waals surface area (Å²) in [4.78, 5) is 16.1. The minimum absolute atomic E-state index is 0.523. The maximum absolute atomic E-state index is 11.0. The van der Waals surface area contributed by atoms with Gasteiger partial charge in [-0.1, -0.05) is 0 Å². The zero-order chi connectivity index (χ0) is 10.3. The summed E-state index contributed by atoms with van der Waals surface area (Å²) in [6, 6.07) is 1.79. The molecule has 0 aliphatic carbocycles. The van der Waals surface area contributed by atoms with E-state index in [2.05, 4.69) is 10.1 Å². The van der Waals surface area contributed by atoms with E-state index in [0.29, 0.717) is 11.5 Å². The lowest BCUT2D eigenvalue weighted by atomic mass is 10.4. The molecule has 0 saturated heterocycles. The average Bonchev–Trinajstić information content (AvgIpc) is 2.93. The molecule has 3 heterocycles. The summed E-state index contributed by atoms with van der Waals surface area (Å²) in [5, 5.41) is 5.95. The molecule has 0 amide bonds. The Morgan fingerprint density at radius 1 is 1.40 bits per heavy atom. The Balaban J connectivity index is 2.35. The highest BCUT2D eigenvalue weighted by Crippen LogP contribution is 2.18. The first-order valence-electron chi connectivity index (χ1n) is 4.31. The fraction of sp³-hybridized carbons (Fsp3) is 0. The molecule has 6 heteroatoms. The van der Waals surface area contributed by atoms with Crippen LogP contribution in [0.15, 0.2) is 30.0 Å². The van der Waals surface area contributed by atoms with Crippen molar-refractivity contribution >= 4 is 22.6 Å². The molecule has 0 unspecified atom stereocenters. The molecule has 0 radical (unpaired) electrons. The Labute approximate surface area is 88.6 Å². The highest BCUT2D eigenvalue weighted by Gasteiger charge is 2.13. The third-order valence-electron chi connectivity index (χ3n) is 2.11. The van der Waals surface area contributed by atoms with Gasteiger partial charge < -0.3 is 0 Å². The van der Waals surface area contributed by atoms with Crippen molar-refractivity contribution in [2.45, 2.75) is 0 Å². The molecule has 3 aromatic rings. The van der Waals surface area contributed by atoms with E-state index < -0.39 is 0 Å². The Kier molecular flexibility index (Phi) is 1.69. The van der Waals surface area contributed by atoms with E-state index in [1.807, 2.05) is 11.6 Å². The first-order chi connectivity index (χ1) is 7.40. The molecule has 15 heavy (non-hydrogen) atoms. The van der Waals surface area contributed by atoms with E-state index in [9.17, 15) is 4.79 Å². The lowest BCUT2D eigenvalue weighted by Gasteiger charge is -1.95. The van der Waals surface area contributed by atoms with Crippen molar-refractivity contribution in [2.24, 2.45) is 0 Å². The van der Waals surface area contributed by atoms with Crippen LogP contribution in [-0.4, -0.2) is 25.5 Å². The molecule has 74 valence electrons. The summed E-state index contributed by atoms with van der Waals surface area (Å²) in [6.07, 6.45) is 6.04. The van der Waals surface area contributed by atoms with Crippen LogP contribution in [0.4, 0.5) is 0 Å². The fourth-order valence-corrected chi connectivity index (χ4v) is 2.18. The number of carbonyl (C=O) groups is 1. The van der Waals surface area contributed by atoms with Gasteiger partial charge in [-0.2, -0.15) is 10.1 Å². The molecule has 0 saturated carbocycles. The van der Waals surface area contributed by atoms with Crippen LogP contribution in [0.1, 0.15) is 10.5 Å². The predicted molar refractivity (Wildman–Crippen MR) is 55.6 cm³/mol. The fourth-order valence-electron chi connectivity index (χ4n) is 1.46. The number of rotatable bonds is 2. The number of nitrogens with zero attached hydrogens (tertiary/aromatic N) is 4. The molecular weight excluding hydrogens is 212 g/mol. The minimum atomic E-state index is 0.523. The third kappa shape index (κ3) is 1.11. The van der Waals surface area contributed by atoms with E-state index >= 15 is 0 Å². The molecule has 0 aliphatic heterocycles. The summed E-state index contributed by atoms with van der Waals surface area (Å²) in [7, 11) is 0. The van der Waals surface area contributed by atoms with Crippen molar-refractivity contribution in [1.82, 2.24) is 19.2 Å². The molecule has 0 fully saturated rings. The monoisotopic (exact) mass is 218 g/mol. The number of hydrogen-bond acceptors (Lipinski definition) is 4. The molecular formula is C9H6N4OS. The first kappa shape index (κ1) is 8.37. The van der Waals surface area contributed by atoms with Crippen LogP contribution in [0, 0.1) is 0 Å². The number of hydrogen-bond donors (Lipinski definition) is 0. The Morgan fingerprint density at radius 2 is 2.33 bits per heavy atom. The van der Waals surface area contributed by atoms with Gasteiger partial charge in [0.15, 0.2) is 17.1 Å². The van der Waals surface area contributed by atoms with E-state index in [0.717, 1.165) is 11.2 Å². The molecule has 5 nitrogen and oxygen atoms in total. The standard InChI is InChI=1S/C9H6N4OS/c14-6-7-8(13-3-1-2-10-13)11-9-12(7)4-5-15-9/h1-6H. The molecule has 0 bridgehead atoms. The predicted octanol–water partition coefficient (Wildman–Crippen LogP) is 1.39. The summed E-state index contributed by atoms with van der Waals surface area (Å²) in [5.41, 5.74) is 0.523. The number of thiazole rings is 1. The van der Waals surface area contributed by atoms with E-state index in [-0.39, 0.29) is 0 Å². The smallest absolute Gasteiger partial charge is 0.196 e. The summed E-state index contributed by atoms with van der Waals surface area (Å²) in [5.74, 6) is 0.571. The lowest BCUT2D eigenvalue weighted by Crippen LogP contribution is -1.99. The summed E-state index contributed by atoms with van der Waals surface area (Å²) in [6.45, 7) is 0. The number of fused-ring (bicyclic) bond motifs is 1. The molecule has 0 aromatic carbocycles. The van der Waals surface area contributed by atoms with E-state index in [1.165, 1.54) is 11.3 Å². The van der Waals surface area contributed by atoms with Gasteiger partial charge in [0.2, 0.25) is 0 Å². The summed E-state index contributed by atoms with van der Waals surface area (Å²) < 4.78 is 3.35. The van der Waals surface area contributed by atoms with Crippen molar-refractivity contribution in [3.63, 3.8) is 0 Å². The highest BCUT2D eigenvalue weighted by molar-refractivity contribution is 7.15. The van der Waals surface area contributed by atoms with Gasteiger partial charge >= 0.3 is 0 Å². The maximum Gasteiger partial charge on any atom is 0.196 e. The normalized spacial score (nSPS) is 10.9. The number of imidazole rings is 1. The van der Waals surface area contributed by atoms with Crippen LogP contribution in [0.5, 0.6) is 0 Å². The minimum Gasteiger partial charge on any atom is -0.296 e. The van der Waals surface area contributed by atoms with Gasteiger partial charge in [0, 0.05) is 24.0 Å². The van der Waals surface area contributed by atoms with Crippen LogP contribution in [0.2, 0.25) is 0 Å². The second-order valence-electron chi connectivity index (χ2n) is 2.94. The molecule has 3 rings (SSSR count). The van der Waals surface area contributed by atoms with Gasteiger partial charge in [-0.3, -0.25) is 9.20 Å².